The molecule has 1 heterocycles. The number of rotatable bonds is 9. The topological polar surface area (TPSA) is 43.6 Å². The van der Waals surface area contributed by atoms with Crippen molar-refractivity contribution in [2.24, 2.45) is 0 Å². The molecule has 1 aromatic carbocycles. The number of hydrogen-bond acceptors (Lipinski definition) is 4. The maximum absolute atomic E-state index is 5.74. The van der Waals surface area contributed by atoms with E-state index in [-0.39, 0.29) is 0 Å². The summed E-state index contributed by atoms with van der Waals surface area (Å²) in [7, 11) is 0. The molecule has 0 fully saturated rings. The van der Waals surface area contributed by atoms with Gasteiger partial charge in [-0.15, -0.1) is 0 Å². The number of ether oxygens (including phenoxy) is 2. The van der Waals surface area contributed by atoms with E-state index in [4.69, 9.17) is 13.9 Å². The molecule has 0 saturated heterocycles. The van der Waals surface area contributed by atoms with Crippen LogP contribution in [0.3, 0.4) is 0 Å². The van der Waals surface area contributed by atoms with Crippen LogP contribution in [-0.2, 0) is 6.54 Å². The van der Waals surface area contributed by atoms with Crippen LogP contribution >= 0.6 is 0 Å². The first-order chi connectivity index (χ1) is 9.90. The zero-order chi connectivity index (χ0) is 14.0. The van der Waals surface area contributed by atoms with Gasteiger partial charge in [0.2, 0.25) is 0 Å². The van der Waals surface area contributed by atoms with Gasteiger partial charge in [-0.25, -0.2) is 0 Å². The molecule has 0 bridgehead atoms. The van der Waals surface area contributed by atoms with Gasteiger partial charge in [0.05, 0.1) is 19.1 Å². The molecular formula is C16H21NO3. The highest BCUT2D eigenvalue weighted by molar-refractivity contribution is 5.39. The Balaban J connectivity index is 1.70. The summed E-state index contributed by atoms with van der Waals surface area (Å²) >= 11 is 0. The van der Waals surface area contributed by atoms with E-state index in [1.165, 1.54) is 0 Å². The number of hydrogen-bond donors (Lipinski definition) is 1. The monoisotopic (exact) mass is 275 g/mol. The molecule has 2 aromatic rings. The van der Waals surface area contributed by atoms with Crippen LogP contribution in [-0.4, -0.2) is 19.8 Å². The normalized spacial score (nSPS) is 10.4. The van der Waals surface area contributed by atoms with Crippen LogP contribution in [0.4, 0.5) is 0 Å². The fourth-order valence-electron chi connectivity index (χ4n) is 1.76. The fraction of sp³-hybridized carbons (Fsp3) is 0.375. The highest BCUT2D eigenvalue weighted by Crippen LogP contribution is 2.26. The summed E-state index contributed by atoms with van der Waals surface area (Å²) in [5.74, 6) is 1.61. The van der Waals surface area contributed by atoms with Crippen molar-refractivity contribution in [1.82, 2.24) is 5.32 Å². The first kappa shape index (κ1) is 14.5. The number of para-hydroxylation sites is 2. The Morgan fingerprint density at radius 2 is 1.80 bits per heavy atom. The quantitative estimate of drug-likeness (QED) is 0.713. The van der Waals surface area contributed by atoms with Gasteiger partial charge in [-0.05, 0) is 24.6 Å². The first-order valence-corrected chi connectivity index (χ1v) is 6.96. The third-order valence-electron chi connectivity index (χ3n) is 2.76. The van der Waals surface area contributed by atoms with Gasteiger partial charge in [0.25, 0.3) is 0 Å². The molecule has 20 heavy (non-hydrogen) atoms. The maximum atomic E-state index is 5.74. The van der Waals surface area contributed by atoms with E-state index < -0.39 is 0 Å². The van der Waals surface area contributed by atoms with Crippen LogP contribution in [0.1, 0.15) is 18.9 Å². The van der Waals surface area contributed by atoms with Gasteiger partial charge in [-0.3, -0.25) is 0 Å². The molecule has 2 rings (SSSR count). The van der Waals surface area contributed by atoms with Crippen LogP contribution in [0.5, 0.6) is 11.5 Å². The second-order valence-corrected chi connectivity index (χ2v) is 4.45. The molecule has 4 heteroatoms. The molecule has 0 aliphatic heterocycles. The summed E-state index contributed by atoms with van der Waals surface area (Å²) in [5.41, 5.74) is 1.14. The lowest BCUT2D eigenvalue weighted by Gasteiger charge is -2.12. The summed E-state index contributed by atoms with van der Waals surface area (Å²) in [6.45, 7) is 4.95. The van der Waals surface area contributed by atoms with Crippen molar-refractivity contribution in [1.29, 1.82) is 0 Å². The highest BCUT2D eigenvalue weighted by atomic mass is 16.5. The molecule has 1 aromatic heterocycles. The van der Waals surface area contributed by atoms with E-state index in [2.05, 4.69) is 12.2 Å². The van der Waals surface area contributed by atoms with Crippen molar-refractivity contribution < 1.29 is 13.9 Å². The van der Waals surface area contributed by atoms with Gasteiger partial charge < -0.3 is 19.2 Å². The second-order valence-electron chi connectivity index (χ2n) is 4.45. The van der Waals surface area contributed by atoms with E-state index in [0.717, 1.165) is 36.6 Å². The summed E-state index contributed by atoms with van der Waals surface area (Å²) in [4.78, 5) is 0. The molecule has 0 atom stereocenters. The second kappa shape index (κ2) is 8.27. The van der Waals surface area contributed by atoms with Gasteiger partial charge in [-0.1, -0.05) is 19.1 Å². The number of benzene rings is 1. The van der Waals surface area contributed by atoms with Gasteiger partial charge >= 0.3 is 0 Å². The summed E-state index contributed by atoms with van der Waals surface area (Å²) in [6, 6.07) is 9.72. The molecular weight excluding hydrogens is 254 g/mol. The van der Waals surface area contributed by atoms with Crippen LogP contribution in [0, 0.1) is 0 Å². The van der Waals surface area contributed by atoms with Crippen molar-refractivity contribution in [2.75, 3.05) is 19.8 Å². The van der Waals surface area contributed by atoms with Gasteiger partial charge in [-0.2, -0.15) is 0 Å². The van der Waals surface area contributed by atoms with E-state index in [9.17, 15) is 0 Å². The zero-order valence-corrected chi connectivity index (χ0v) is 11.8. The zero-order valence-electron chi connectivity index (χ0n) is 11.8. The lowest BCUT2D eigenvalue weighted by Crippen LogP contribution is -2.20. The fourth-order valence-corrected chi connectivity index (χ4v) is 1.76. The lowest BCUT2D eigenvalue weighted by atomic mass is 10.3. The molecule has 0 radical (unpaired) electrons. The Bertz CT molecular complexity index is 482. The summed E-state index contributed by atoms with van der Waals surface area (Å²) in [5, 5.41) is 3.29. The molecule has 0 unspecified atom stereocenters. The third kappa shape index (κ3) is 4.63. The predicted octanol–water partition coefficient (Wildman–Crippen LogP) is 3.24. The Morgan fingerprint density at radius 3 is 2.45 bits per heavy atom. The molecule has 0 aliphatic rings. The van der Waals surface area contributed by atoms with E-state index in [0.29, 0.717) is 13.2 Å². The van der Waals surface area contributed by atoms with Gasteiger partial charge in [0, 0.05) is 18.7 Å². The van der Waals surface area contributed by atoms with E-state index in [1.54, 1.807) is 12.5 Å². The Hall–Kier alpha value is -1.94. The van der Waals surface area contributed by atoms with Crippen LogP contribution in [0.15, 0.2) is 47.3 Å². The Labute approximate surface area is 119 Å². The largest absolute Gasteiger partial charge is 0.490 e. The SMILES string of the molecule is CCCOc1ccccc1OCCNCc1ccoc1. The molecule has 108 valence electrons. The van der Waals surface area contributed by atoms with Crippen molar-refractivity contribution in [3.63, 3.8) is 0 Å². The molecule has 0 saturated carbocycles. The molecule has 0 amide bonds. The summed E-state index contributed by atoms with van der Waals surface area (Å²) in [6.07, 6.45) is 4.40. The number of furan rings is 1. The standard InChI is InChI=1S/C16H21NO3/c1-2-9-19-15-5-3-4-6-16(15)20-11-8-17-12-14-7-10-18-13-14/h3-7,10,13,17H,2,8-9,11-12H2,1H3. The van der Waals surface area contributed by atoms with Crippen molar-refractivity contribution >= 4 is 0 Å². The predicted molar refractivity (Wildman–Crippen MR) is 78.1 cm³/mol. The minimum absolute atomic E-state index is 0.602. The van der Waals surface area contributed by atoms with Crippen molar-refractivity contribution in [3.8, 4) is 11.5 Å². The molecule has 0 aliphatic carbocycles. The van der Waals surface area contributed by atoms with E-state index >= 15 is 0 Å². The van der Waals surface area contributed by atoms with Crippen molar-refractivity contribution in [2.45, 2.75) is 19.9 Å². The first-order valence-electron chi connectivity index (χ1n) is 6.96. The molecule has 4 nitrogen and oxygen atoms in total. The maximum Gasteiger partial charge on any atom is 0.161 e. The third-order valence-corrected chi connectivity index (χ3v) is 2.76. The Morgan fingerprint density at radius 1 is 1.05 bits per heavy atom. The van der Waals surface area contributed by atoms with Crippen molar-refractivity contribution in [3.05, 3.63) is 48.4 Å². The summed E-state index contributed by atoms with van der Waals surface area (Å²) < 4.78 is 16.4. The molecule has 0 spiro atoms. The van der Waals surface area contributed by atoms with Gasteiger partial charge in [0.15, 0.2) is 11.5 Å². The van der Waals surface area contributed by atoms with E-state index in [1.807, 2.05) is 30.3 Å². The molecule has 1 N–H and O–H groups in total. The average Bonchev–Trinajstić information content (AvgIpc) is 2.99. The smallest absolute Gasteiger partial charge is 0.161 e. The van der Waals surface area contributed by atoms with Gasteiger partial charge in [0.1, 0.15) is 6.61 Å². The van der Waals surface area contributed by atoms with Crippen LogP contribution < -0.4 is 14.8 Å². The average molecular weight is 275 g/mol. The minimum atomic E-state index is 0.602. The lowest BCUT2D eigenvalue weighted by molar-refractivity contribution is 0.267. The Kier molecular flexibility index (Phi) is 5.99. The van der Waals surface area contributed by atoms with Crippen LogP contribution in [0.25, 0.3) is 0 Å². The minimum Gasteiger partial charge on any atom is -0.490 e. The number of nitrogens with one attached hydrogen (secondary N) is 1. The highest BCUT2D eigenvalue weighted by Gasteiger charge is 2.03. The van der Waals surface area contributed by atoms with Crippen LogP contribution in [0.2, 0.25) is 0 Å².